The first kappa shape index (κ1) is 7.62. The first-order valence-corrected chi connectivity index (χ1v) is 3.07. The lowest BCUT2D eigenvalue weighted by molar-refractivity contribution is 0.774. The molecule has 1 aromatic carbocycles. The minimum absolute atomic E-state index is 0.461. The van der Waals surface area contributed by atoms with E-state index in [1.807, 2.05) is 0 Å². The van der Waals surface area contributed by atoms with Crippen LogP contribution in [0.4, 0.5) is 10.1 Å². The smallest absolute Gasteiger partial charge is 0.111 e. The Kier molecular flexibility index (Phi) is 2.12. The van der Waals surface area contributed by atoms with Crippen molar-refractivity contribution in [1.82, 2.24) is 0 Å². The summed E-state index contributed by atoms with van der Waals surface area (Å²) < 4.78 is 11.5. The zero-order valence-electron chi connectivity index (χ0n) is 5.89. The summed E-state index contributed by atoms with van der Waals surface area (Å²) in [6.45, 7) is 3.66. The molecular formula is C9H7FN. The van der Waals surface area contributed by atoms with Crippen molar-refractivity contribution in [2.75, 3.05) is 5.73 Å². The van der Waals surface area contributed by atoms with Crippen molar-refractivity contribution in [2.24, 2.45) is 0 Å². The summed E-state index contributed by atoms with van der Waals surface area (Å²) >= 11 is 0. The molecule has 0 fully saturated rings. The Labute approximate surface area is 65.0 Å². The summed E-state index contributed by atoms with van der Waals surface area (Å²) in [5, 5.41) is 0. The molecule has 0 heterocycles. The fourth-order valence-corrected chi connectivity index (χ4v) is 0.777. The first-order chi connectivity index (χ1) is 5.24. The van der Waals surface area contributed by atoms with Crippen molar-refractivity contribution in [3.8, 4) is 12.1 Å². The summed E-state index contributed by atoms with van der Waals surface area (Å²) in [7, 11) is 0. The van der Waals surface area contributed by atoms with Crippen LogP contribution >= 0.6 is 0 Å². The summed E-state index contributed by atoms with van der Waals surface area (Å²) in [5.74, 6) is 2.23. The van der Waals surface area contributed by atoms with Crippen molar-refractivity contribution >= 4 is 5.69 Å². The van der Waals surface area contributed by atoms with Gasteiger partial charge in [0.05, 0.1) is 5.56 Å². The van der Waals surface area contributed by atoms with Gasteiger partial charge in [-0.3, -0.25) is 0 Å². The number of benzene rings is 1. The van der Waals surface area contributed by atoms with Gasteiger partial charge in [-0.15, -0.1) is 4.39 Å². The Morgan fingerprint density at radius 3 is 2.73 bits per heavy atom. The molecule has 0 aliphatic carbocycles. The van der Waals surface area contributed by atoms with Crippen molar-refractivity contribution in [3.05, 3.63) is 36.2 Å². The summed E-state index contributed by atoms with van der Waals surface area (Å²) in [5.41, 5.74) is 7.26. The van der Waals surface area contributed by atoms with Crippen LogP contribution in [-0.4, -0.2) is 0 Å². The predicted octanol–water partition coefficient (Wildman–Crippen LogP) is 1.73. The van der Waals surface area contributed by atoms with E-state index in [4.69, 9.17) is 5.73 Å². The Hall–Kier alpha value is -1.49. The van der Waals surface area contributed by atoms with Gasteiger partial charge in [0.2, 0.25) is 0 Å². The maximum absolute atomic E-state index is 11.5. The van der Waals surface area contributed by atoms with Gasteiger partial charge in [0.15, 0.2) is 0 Å². The zero-order valence-corrected chi connectivity index (χ0v) is 5.89. The van der Waals surface area contributed by atoms with E-state index >= 15 is 0 Å². The molecule has 0 saturated heterocycles. The molecular weight excluding hydrogens is 141 g/mol. The van der Waals surface area contributed by atoms with Crippen LogP contribution in [0.1, 0.15) is 11.1 Å². The Morgan fingerprint density at radius 2 is 2.18 bits per heavy atom. The summed E-state index contributed by atoms with van der Waals surface area (Å²) in [6, 6.07) is 5.03. The van der Waals surface area contributed by atoms with E-state index in [1.165, 1.54) is 6.17 Å². The highest BCUT2D eigenvalue weighted by molar-refractivity contribution is 5.57. The van der Waals surface area contributed by atoms with E-state index < -0.39 is 0 Å². The van der Waals surface area contributed by atoms with E-state index in [0.29, 0.717) is 11.3 Å². The number of rotatable bonds is 0. The molecule has 1 nitrogen and oxygen atoms in total. The topological polar surface area (TPSA) is 26.0 Å². The second-order valence-corrected chi connectivity index (χ2v) is 2.14. The van der Waals surface area contributed by atoms with Crippen molar-refractivity contribution in [3.63, 3.8) is 0 Å². The molecule has 0 spiro atoms. The van der Waals surface area contributed by atoms with E-state index in [0.717, 1.165) is 5.56 Å². The van der Waals surface area contributed by atoms with Gasteiger partial charge in [0.25, 0.3) is 0 Å². The second-order valence-electron chi connectivity index (χ2n) is 2.14. The predicted molar refractivity (Wildman–Crippen MR) is 43.3 cm³/mol. The van der Waals surface area contributed by atoms with Crippen LogP contribution in [0.2, 0.25) is 0 Å². The van der Waals surface area contributed by atoms with Gasteiger partial charge in [-0.2, -0.15) is 0 Å². The average Bonchev–Trinajstić information content (AvgIpc) is 1.95. The Morgan fingerprint density at radius 1 is 1.45 bits per heavy atom. The fourth-order valence-electron chi connectivity index (χ4n) is 0.777. The largest absolute Gasteiger partial charge is 0.398 e. The van der Waals surface area contributed by atoms with Crippen LogP contribution in [0.5, 0.6) is 0 Å². The molecule has 0 aromatic heterocycles. The van der Waals surface area contributed by atoms with Crippen molar-refractivity contribution in [1.29, 1.82) is 0 Å². The molecule has 55 valence electrons. The first-order valence-electron chi connectivity index (χ1n) is 3.07. The molecule has 0 aliphatic rings. The number of hydrogen-bond donors (Lipinski definition) is 1. The molecule has 1 radical (unpaired) electrons. The standard InChI is InChI=1S/C9H7FN/c1-7-2-3-8(4-5-10)9(11)6-7/h2-3,6H,1,11H2. The molecule has 0 amide bonds. The molecule has 0 saturated carbocycles. The van der Waals surface area contributed by atoms with Crippen LogP contribution in [0, 0.1) is 19.0 Å². The van der Waals surface area contributed by atoms with Crippen LogP contribution < -0.4 is 5.73 Å². The third-order valence-corrected chi connectivity index (χ3v) is 1.30. The number of anilines is 1. The van der Waals surface area contributed by atoms with Crippen molar-refractivity contribution in [2.45, 2.75) is 0 Å². The van der Waals surface area contributed by atoms with Crippen molar-refractivity contribution < 1.29 is 4.39 Å². The molecule has 1 aromatic rings. The van der Waals surface area contributed by atoms with E-state index in [-0.39, 0.29) is 0 Å². The van der Waals surface area contributed by atoms with Gasteiger partial charge in [0, 0.05) is 5.69 Å². The van der Waals surface area contributed by atoms with Gasteiger partial charge >= 0.3 is 0 Å². The quantitative estimate of drug-likeness (QED) is 0.440. The van der Waals surface area contributed by atoms with Crippen LogP contribution in [0.25, 0.3) is 0 Å². The summed E-state index contributed by atoms with van der Waals surface area (Å²) in [6.07, 6.45) is 1.29. The maximum Gasteiger partial charge on any atom is 0.111 e. The number of nitrogens with two attached hydrogens (primary N) is 1. The van der Waals surface area contributed by atoms with E-state index in [9.17, 15) is 4.39 Å². The van der Waals surface area contributed by atoms with Crippen LogP contribution in [0.3, 0.4) is 0 Å². The lowest BCUT2D eigenvalue weighted by Crippen LogP contribution is -1.90. The molecule has 11 heavy (non-hydrogen) atoms. The lowest BCUT2D eigenvalue weighted by Gasteiger charge is -1.97. The lowest BCUT2D eigenvalue weighted by atomic mass is 10.1. The minimum atomic E-state index is 0.461. The molecule has 0 bridgehead atoms. The molecule has 2 heteroatoms. The molecule has 1 rings (SSSR count). The third-order valence-electron chi connectivity index (χ3n) is 1.30. The number of nitrogen functional groups attached to an aromatic ring is 1. The van der Waals surface area contributed by atoms with Crippen LogP contribution in [0.15, 0.2) is 18.2 Å². The highest BCUT2D eigenvalue weighted by Gasteiger charge is 1.93. The fraction of sp³-hybridized carbons (Fsp3) is 0. The molecule has 0 aliphatic heterocycles. The van der Waals surface area contributed by atoms with Gasteiger partial charge in [-0.25, -0.2) is 0 Å². The molecule has 0 atom stereocenters. The van der Waals surface area contributed by atoms with Gasteiger partial charge in [-0.05, 0) is 30.5 Å². The maximum atomic E-state index is 11.5. The number of hydrogen-bond acceptors (Lipinski definition) is 1. The third kappa shape index (κ3) is 1.71. The Bertz CT molecular complexity index is 320. The normalized spacial score (nSPS) is 8.55. The SMILES string of the molecule is [CH2]c1ccc(C#CF)c(N)c1. The highest BCUT2D eigenvalue weighted by Crippen LogP contribution is 2.11. The average molecular weight is 148 g/mol. The highest BCUT2D eigenvalue weighted by atomic mass is 19.1. The van der Waals surface area contributed by atoms with E-state index in [1.54, 1.807) is 18.2 Å². The zero-order chi connectivity index (χ0) is 8.27. The van der Waals surface area contributed by atoms with Gasteiger partial charge in [0.1, 0.15) is 6.17 Å². The van der Waals surface area contributed by atoms with E-state index in [2.05, 4.69) is 12.8 Å². The Balaban J connectivity index is 3.16. The molecule has 2 N–H and O–H groups in total. The summed E-state index contributed by atoms with van der Waals surface area (Å²) in [4.78, 5) is 0. The molecule has 0 unspecified atom stereocenters. The second kappa shape index (κ2) is 3.07. The van der Waals surface area contributed by atoms with Gasteiger partial charge < -0.3 is 5.73 Å². The number of halogens is 1. The van der Waals surface area contributed by atoms with Gasteiger partial charge in [-0.1, -0.05) is 6.07 Å². The monoisotopic (exact) mass is 148 g/mol. The minimum Gasteiger partial charge on any atom is -0.398 e. The van der Waals surface area contributed by atoms with Crippen LogP contribution in [-0.2, 0) is 0 Å².